The zero-order valence-electron chi connectivity index (χ0n) is 14.4. The van der Waals surface area contributed by atoms with Crippen LogP contribution in [0.1, 0.15) is 21.6 Å². The SMILES string of the molecule is COc1ccccc1-n1ccc(C)c(C(=O)NCc2csc(N)n2)c1=O. The first-order valence-electron chi connectivity index (χ1n) is 7.85. The van der Waals surface area contributed by atoms with E-state index in [4.69, 9.17) is 10.5 Å². The number of nitrogens with two attached hydrogens (primary N) is 1. The van der Waals surface area contributed by atoms with Gasteiger partial charge in [-0.05, 0) is 30.7 Å². The molecular formula is C18H18N4O3S. The third kappa shape index (κ3) is 3.45. The van der Waals surface area contributed by atoms with Crippen molar-refractivity contribution in [3.63, 3.8) is 0 Å². The number of nitrogens with zero attached hydrogens (tertiary/aromatic N) is 2. The molecule has 26 heavy (non-hydrogen) atoms. The number of pyridine rings is 1. The maximum absolute atomic E-state index is 12.9. The van der Waals surface area contributed by atoms with E-state index in [1.807, 2.05) is 6.07 Å². The number of anilines is 1. The minimum absolute atomic E-state index is 0.0848. The maximum atomic E-state index is 12.9. The van der Waals surface area contributed by atoms with E-state index in [2.05, 4.69) is 10.3 Å². The van der Waals surface area contributed by atoms with Gasteiger partial charge in [0.2, 0.25) is 0 Å². The van der Waals surface area contributed by atoms with Gasteiger partial charge in [-0.1, -0.05) is 12.1 Å². The minimum Gasteiger partial charge on any atom is -0.495 e. The lowest BCUT2D eigenvalue weighted by atomic mass is 10.1. The van der Waals surface area contributed by atoms with Gasteiger partial charge in [0.05, 0.1) is 25.0 Å². The lowest BCUT2D eigenvalue weighted by molar-refractivity contribution is 0.0948. The van der Waals surface area contributed by atoms with Crippen molar-refractivity contribution in [1.29, 1.82) is 0 Å². The van der Waals surface area contributed by atoms with Crippen molar-refractivity contribution >= 4 is 22.4 Å². The van der Waals surface area contributed by atoms with E-state index in [1.165, 1.54) is 23.0 Å². The summed E-state index contributed by atoms with van der Waals surface area (Å²) in [5, 5.41) is 4.92. The minimum atomic E-state index is -0.455. The van der Waals surface area contributed by atoms with Crippen molar-refractivity contribution < 1.29 is 9.53 Å². The Morgan fingerprint density at radius 3 is 2.81 bits per heavy atom. The van der Waals surface area contributed by atoms with Crippen LogP contribution in [-0.4, -0.2) is 22.6 Å². The topological polar surface area (TPSA) is 99.2 Å². The fourth-order valence-electron chi connectivity index (χ4n) is 2.58. The van der Waals surface area contributed by atoms with E-state index in [0.717, 1.165) is 0 Å². The van der Waals surface area contributed by atoms with Crippen LogP contribution in [0, 0.1) is 6.92 Å². The van der Waals surface area contributed by atoms with Crippen molar-refractivity contribution in [2.75, 3.05) is 12.8 Å². The molecule has 0 aliphatic carbocycles. The predicted octanol–water partition coefficient (Wildman–Crippen LogP) is 2.12. The molecule has 3 N–H and O–H groups in total. The molecule has 0 radical (unpaired) electrons. The predicted molar refractivity (Wildman–Crippen MR) is 101 cm³/mol. The lowest BCUT2D eigenvalue weighted by Crippen LogP contribution is -2.33. The highest BCUT2D eigenvalue weighted by Gasteiger charge is 2.18. The fourth-order valence-corrected chi connectivity index (χ4v) is 3.15. The average molecular weight is 370 g/mol. The number of amides is 1. The molecule has 2 aromatic heterocycles. The standard InChI is InChI=1S/C18H18N4O3S/c1-11-7-8-22(13-5-3-4-6-14(13)25-2)17(24)15(11)16(23)20-9-12-10-26-18(19)21-12/h3-8,10H,9H2,1-2H3,(H2,19,21)(H,20,23). The zero-order chi connectivity index (χ0) is 18.7. The number of nitrogens with one attached hydrogen (secondary N) is 1. The summed E-state index contributed by atoms with van der Waals surface area (Å²) in [5.74, 6) is 0.0890. The molecule has 0 bridgehead atoms. The van der Waals surface area contributed by atoms with Crippen molar-refractivity contribution in [2.24, 2.45) is 0 Å². The van der Waals surface area contributed by atoms with Gasteiger partial charge in [0, 0.05) is 11.6 Å². The molecule has 134 valence electrons. The van der Waals surface area contributed by atoms with Crippen molar-refractivity contribution in [2.45, 2.75) is 13.5 Å². The Hall–Kier alpha value is -3.13. The number of aryl methyl sites for hydroxylation is 1. The van der Waals surface area contributed by atoms with Crippen LogP contribution < -0.4 is 21.3 Å². The number of hydrogen-bond donors (Lipinski definition) is 2. The molecule has 8 heteroatoms. The number of carbonyl (C=O) groups is 1. The van der Waals surface area contributed by atoms with Gasteiger partial charge in [0.25, 0.3) is 11.5 Å². The molecule has 0 saturated heterocycles. The summed E-state index contributed by atoms with van der Waals surface area (Å²) < 4.78 is 6.72. The molecule has 3 aromatic rings. The van der Waals surface area contributed by atoms with E-state index < -0.39 is 11.5 Å². The first-order valence-corrected chi connectivity index (χ1v) is 8.73. The number of carbonyl (C=O) groups excluding carboxylic acids is 1. The van der Waals surface area contributed by atoms with Crippen LogP contribution in [-0.2, 0) is 6.54 Å². The number of nitrogen functional groups attached to an aromatic ring is 1. The van der Waals surface area contributed by atoms with Gasteiger partial charge in [-0.15, -0.1) is 11.3 Å². The van der Waals surface area contributed by atoms with Gasteiger partial charge in [-0.3, -0.25) is 14.2 Å². The molecule has 1 aromatic carbocycles. The van der Waals surface area contributed by atoms with Crippen LogP contribution in [0.5, 0.6) is 5.75 Å². The van der Waals surface area contributed by atoms with Gasteiger partial charge >= 0.3 is 0 Å². The Balaban J connectivity index is 1.94. The van der Waals surface area contributed by atoms with E-state index in [-0.39, 0.29) is 12.1 Å². The molecule has 0 unspecified atom stereocenters. The van der Waals surface area contributed by atoms with Crippen LogP contribution in [0.3, 0.4) is 0 Å². The normalized spacial score (nSPS) is 10.5. The highest BCUT2D eigenvalue weighted by Crippen LogP contribution is 2.21. The average Bonchev–Trinajstić information content (AvgIpc) is 3.05. The van der Waals surface area contributed by atoms with Crippen LogP contribution in [0.15, 0.2) is 46.7 Å². The Labute approximate surface area is 154 Å². The second-order valence-corrected chi connectivity index (χ2v) is 6.47. The number of benzene rings is 1. The van der Waals surface area contributed by atoms with Crippen LogP contribution in [0.4, 0.5) is 5.13 Å². The number of thiazole rings is 1. The molecule has 0 aliphatic rings. The summed E-state index contributed by atoms with van der Waals surface area (Å²) in [6, 6.07) is 8.86. The second kappa shape index (κ2) is 7.40. The van der Waals surface area contributed by atoms with Crippen molar-refractivity contribution in [3.8, 4) is 11.4 Å². The van der Waals surface area contributed by atoms with E-state index in [0.29, 0.717) is 27.8 Å². The third-order valence-electron chi connectivity index (χ3n) is 3.87. The Morgan fingerprint density at radius 2 is 2.12 bits per heavy atom. The summed E-state index contributed by atoms with van der Waals surface area (Å²) in [6.45, 7) is 1.93. The van der Waals surface area contributed by atoms with Gasteiger partial charge in [-0.2, -0.15) is 0 Å². The summed E-state index contributed by atoms with van der Waals surface area (Å²) >= 11 is 1.30. The number of ether oxygens (including phenoxy) is 1. The van der Waals surface area contributed by atoms with Gasteiger partial charge in [0.1, 0.15) is 11.3 Å². The molecule has 7 nitrogen and oxygen atoms in total. The Morgan fingerprint density at radius 1 is 1.35 bits per heavy atom. The second-order valence-electron chi connectivity index (χ2n) is 5.58. The molecule has 0 aliphatic heterocycles. The highest BCUT2D eigenvalue weighted by molar-refractivity contribution is 7.13. The van der Waals surface area contributed by atoms with Crippen LogP contribution in [0.2, 0.25) is 0 Å². The summed E-state index contributed by atoms with van der Waals surface area (Å²) in [7, 11) is 1.53. The summed E-state index contributed by atoms with van der Waals surface area (Å²) in [6.07, 6.45) is 1.63. The van der Waals surface area contributed by atoms with Crippen molar-refractivity contribution in [3.05, 3.63) is 69.1 Å². The summed E-state index contributed by atoms with van der Waals surface area (Å²) in [5.41, 5.74) is 7.07. The highest BCUT2D eigenvalue weighted by atomic mass is 32.1. The molecular weight excluding hydrogens is 352 g/mol. The maximum Gasteiger partial charge on any atom is 0.268 e. The zero-order valence-corrected chi connectivity index (χ0v) is 15.2. The summed E-state index contributed by atoms with van der Waals surface area (Å²) in [4.78, 5) is 29.6. The number of hydrogen-bond acceptors (Lipinski definition) is 6. The van der Waals surface area contributed by atoms with E-state index in [1.54, 1.807) is 42.8 Å². The fraction of sp³-hybridized carbons (Fsp3) is 0.167. The molecule has 0 atom stereocenters. The quantitative estimate of drug-likeness (QED) is 0.717. The first-order chi connectivity index (χ1) is 12.5. The van der Waals surface area contributed by atoms with E-state index >= 15 is 0 Å². The Kier molecular flexibility index (Phi) is 5.04. The number of aromatic nitrogens is 2. The van der Waals surface area contributed by atoms with Crippen molar-refractivity contribution in [1.82, 2.24) is 14.9 Å². The first kappa shape index (κ1) is 17.7. The van der Waals surface area contributed by atoms with Crippen LogP contribution in [0.25, 0.3) is 5.69 Å². The largest absolute Gasteiger partial charge is 0.495 e. The van der Waals surface area contributed by atoms with Gasteiger partial charge in [0.15, 0.2) is 5.13 Å². The lowest BCUT2D eigenvalue weighted by Gasteiger charge is -2.13. The third-order valence-corrected chi connectivity index (χ3v) is 4.59. The molecule has 0 saturated carbocycles. The molecule has 2 heterocycles. The number of para-hydroxylation sites is 2. The molecule has 1 amide bonds. The molecule has 0 spiro atoms. The smallest absolute Gasteiger partial charge is 0.268 e. The number of methoxy groups -OCH3 is 1. The van der Waals surface area contributed by atoms with Gasteiger partial charge < -0.3 is 15.8 Å². The Bertz CT molecular complexity index is 1010. The monoisotopic (exact) mass is 370 g/mol. The van der Waals surface area contributed by atoms with E-state index in [9.17, 15) is 9.59 Å². The molecule has 0 fully saturated rings. The molecule has 3 rings (SSSR count). The van der Waals surface area contributed by atoms with Crippen LogP contribution >= 0.6 is 11.3 Å². The van der Waals surface area contributed by atoms with Gasteiger partial charge in [-0.25, -0.2) is 4.98 Å². The number of rotatable bonds is 5.